The van der Waals surface area contributed by atoms with E-state index in [4.69, 9.17) is 4.18 Å². The molecule has 4 heteroatoms. The highest BCUT2D eigenvalue weighted by atomic mass is 32.2. The van der Waals surface area contributed by atoms with Gasteiger partial charge in [0.1, 0.15) is 0 Å². The van der Waals surface area contributed by atoms with Crippen molar-refractivity contribution in [3.63, 3.8) is 0 Å². The standard InChI is InChI=1S/C8H9NO2S/c1-6-3-4-7-8(5-6)11-12(10)9(7)2/h3-5H,1-2H3. The van der Waals surface area contributed by atoms with Gasteiger partial charge in [0, 0.05) is 7.05 Å². The number of benzene rings is 1. The van der Waals surface area contributed by atoms with Gasteiger partial charge in [-0.3, -0.25) is 4.31 Å². The molecule has 0 amide bonds. The maximum Gasteiger partial charge on any atom is 0.318 e. The van der Waals surface area contributed by atoms with E-state index in [1.165, 1.54) is 0 Å². The lowest BCUT2D eigenvalue weighted by Crippen LogP contribution is -2.16. The fourth-order valence-electron chi connectivity index (χ4n) is 1.16. The number of hydrogen-bond acceptors (Lipinski definition) is 2. The minimum Gasteiger partial charge on any atom is -0.383 e. The van der Waals surface area contributed by atoms with Crippen LogP contribution in [0.3, 0.4) is 0 Å². The molecule has 0 fully saturated rings. The molecule has 1 heterocycles. The number of hydrogen-bond donors (Lipinski definition) is 0. The van der Waals surface area contributed by atoms with Crippen LogP contribution in [0, 0.1) is 6.92 Å². The molecule has 0 N–H and O–H groups in total. The van der Waals surface area contributed by atoms with Crippen LogP contribution in [0.1, 0.15) is 5.56 Å². The summed E-state index contributed by atoms with van der Waals surface area (Å²) in [6.45, 7) is 1.98. The second-order valence-electron chi connectivity index (χ2n) is 2.77. The predicted molar refractivity (Wildman–Crippen MR) is 48.4 cm³/mol. The van der Waals surface area contributed by atoms with Gasteiger partial charge in [0.15, 0.2) is 5.75 Å². The van der Waals surface area contributed by atoms with Crippen LogP contribution < -0.4 is 8.49 Å². The van der Waals surface area contributed by atoms with Crippen molar-refractivity contribution in [2.24, 2.45) is 0 Å². The van der Waals surface area contributed by atoms with Gasteiger partial charge in [0.25, 0.3) is 0 Å². The Morgan fingerprint density at radius 3 is 3.00 bits per heavy atom. The van der Waals surface area contributed by atoms with Crippen LogP contribution in [0.25, 0.3) is 0 Å². The Balaban J connectivity index is 2.54. The van der Waals surface area contributed by atoms with Gasteiger partial charge in [-0.05, 0) is 24.6 Å². The summed E-state index contributed by atoms with van der Waals surface area (Å²) in [5, 5.41) is 0. The van der Waals surface area contributed by atoms with Crippen LogP contribution in [0.2, 0.25) is 0 Å². The van der Waals surface area contributed by atoms with E-state index in [0.717, 1.165) is 11.3 Å². The highest BCUT2D eigenvalue weighted by molar-refractivity contribution is 7.82. The maximum absolute atomic E-state index is 11.2. The highest BCUT2D eigenvalue weighted by Gasteiger charge is 2.24. The van der Waals surface area contributed by atoms with E-state index >= 15 is 0 Å². The van der Waals surface area contributed by atoms with Gasteiger partial charge in [-0.2, -0.15) is 4.21 Å². The third-order valence-corrected chi connectivity index (χ3v) is 2.81. The molecule has 0 saturated carbocycles. The van der Waals surface area contributed by atoms with E-state index in [9.17, 15) is 4.21 Å². The van der Waals surface area contributed by atoms with Crippen LogP contribution in [-0.4, -0.2) is 11.3 Å². The molecule has 1 unspecified atom stereocenters. The van der Waals surface area contributed by atoms with Gasteiger partial charge in [-0.15, -0.1) is 0 Å². The first-order valence-corrected chi connectivity index (χ1v) is 4.66. The van der Waals surface area contributed by atoms with Crippen molar-refractivity contribution in [1.29, 1.82) is 0 Å². The van der Waals surface area contributed by atoms with Crippen molar-refractivity contribution in [2.75, 3.05) is 11.4 Å². The minimum absolute atomic E-state index is 0.704. The van der Waals surface area contributed by atoms with Gasteiger partial charge in [-0.1, -0.05) is 6.07 Å². The largest absolute Gasteiger partial charge is 0.383 e. The third kappa shape index (κ3) is 0.992. The number of aryl methyl sites for hydroxylation is 1. The molecule has 12 heavy (non-hydrogen) atoms. The van der Waals surface area contributed by atoms with Crippen molar-refractivity contribution in [2.45, 2.75) is 6.92 Å². The van der Waals surface area contributed by atoms with E-state index in [1.54, 1.807) is 11.4 Å². The molecule has 0 radical (unpaired) electrons. The Labute approximate surface area is 73.7 Å². The Morgan fingerprint density at radius 2 is 2.25 bits per heavy atom. The van der Waals surface area contributed by atoms with Crippen LogP contribution in [-0.2, 0) is 11.3 Å². The predicted octanol–water partition coefficient (Wildman–Crippen LogP) is 1.40. The smallest absolute Gasteiger partial charge is 0.318 e. The Hall–Kier alpha value is -1.03. The second kappa shape index (κ2) is 2.48. The van der Waals surface area contributed by atoms with Gasteiger partial charge >= 0.3 is 11.3 Å². The molecule has 2 rings (SSSR count). The molecule has 1 atom stereocenters. The third-order valence-electron chi connectivity index (χ3n) is 1.84. The quantitative estimate of drug-likeness (QED) is 0.608. The van der Waals surface area contributed by atoms with Crippen molar-refractivity contribution in [3.8, 4) is 5.75 Å². The lowest BCUT2D eigenvalue weighted by atomic mass is 10.2. The summed E-state index contributed by atoms with van der Waals surface area (Å²) in [7, 11) is 1.75. The first kappa shape index (κ1) is 7.61. The fourth-order valence-corrected chi connectivity index (χ4v) is 1.87. The van der Waals surface area contributed by atoms with Gasteiger partial charge in [0.2, 0.25) is 0 Å². The molecule has 0 bridgehead atoms. The molecule has 64 valence electrons. The van der Waals surface area contributed by atoms with Gasteiger partial charge in [-0.25, -0.2) is 0 Å². The van der Waals surface area contributed by atoms with Crippen LogP contribution in [0.15, 0.2) is 18.2 Å². The molecule has 1 aliphatic heterocycles. The molecular formula is C8H9NO2S. The Morgan fingerprint density at radius 1 is 1.50 bits per heavy atom. The normalized spacial score (nSPS) is 20.5. The monoisotopic (exact) mass is 183 g/mol. The summed E-state index contributed by atoms with van der Waals surface area (Å²) in [5.41, 5.74) is 2.00. The second-order valence-corrected chi connectivity index (χ2v) is 3.92. The lowest BCUT2D eigenvalue weighted by molar-refractivity contribution is 0.577. The van der Waals surface area contributed by atoms with E-state index < -0.39 is 11.3 Å². The van der Waals surface area contributed by atoms with E-state index in [-0.39, 0.29) is 0 Å². The topological polar surface area (TPSA) is 29.5 Å². The molecule has 1 aliphatic rings. The highest BCUT2D eigenvalue weighted by Crippen LogP contribution is 2.35. The number of nitrogens with zero attached hydrogens (tertiary/aromatic N) is 1. The average molecular weight is 183 g/mol. The zero-order valence-corrected chi connectivity index (χ0v) is 7.72. The number of rotatable bonds is 0. The Bertz CT molecular complexity index is 351. The molecular weight excluding hydrogens is 174 g/mol. The summed E-state index contributed by atoms with van der Waals surface area (Å²) in [6.07, 6.45) is 0. The molecule has 0 aliphatic carbocycles. The minimum atomic E-state index is -1.34. The summed E-state index contributed by atoms with van der Waals surface area (Å²) in [6, 6.07) is 5.77. The summed E-state index contributed by atoms with van der Waals surface area (Å²) < 4.78 is 17.9. The van der Waals surface area contributed by atoms with E-state index in [2.05, 4.69) is 0 Å². The van der Waals surface area contributed by atoms with Crippen molar-refractivity contribution in [3.05, 3.63) is 23.8 Å². The summed E-state index contributed by atoms with van der Waals surface area (Å²) in [5.74, 6) is 0.704. The number of fused-ring (bicyclic) bond motifs is 1. The van der Waals surface area contributed by atoms with Gasteiger partial charge in [0.05, 0.1) is 5.69 Å². The fraction of sp³-hybridized carbons (Fsp3) is 0.250. The molecule has 3 nitrogen and oxygen atoms in total. The van der Waals surface area contributed by atoms with Crippen molar-refractivity contribution in [1.82, 2.24) is 0 Å². The zero-order chi connectivity index (χ0) is 8.72. The van der Waals surface area contributed by atoms with Crippen LogP contribution in [0.5, 0.6) is 5.75 Å². The molecule has 1 aromatic carbocycles. The number of anilines is 1. The van der Waals surface area contributed by atoms with Crippen LogP contribution >= 0.6 is 0 Å². The average Bonchev–Trinajstić information content (AvgIpc) is 2.28. The molecule has 1 aromatic rings. The molecule has 0 aromatic heterocycles. The maximum atomic E-state index is 11.2. The lowest BCUT2D eigenvalue weighted by Gasteiger charge is -2.04. The molecule has 0 spiro atoms. The summed E-state index contributed by atoms with van der Waals surface area (Å²) in [4.78, 5) is 0. The zero-order valence-electron chi connectivity index (χ0n) is 6.90. The summed E-state index contributed by atoms with van der Waals surface area (Å²) >= 11 is -1.34. The van der Waals surface area contributed by atoms with Gasteiger partial charge < -0.3 is 4.18 Å². The Kier molecular flexibility index (Phi) is 1.58. The van der Waals surface area contributed by atoms with E-state index in [1.807, 2.05) is 25.1 Å². The SMILES string of the molecule is Cc1ccc2c(c1)OS(=O)N2C. The van der Waals surface area contributed by atoms with Crippen LogP contribution in [0.4, 0.5) is 5.69 Å². The van der Waals surface area contributed by atoms with Crippen molar-refractivity contribution >= 4 is 17.0 Å². The van der Waals surface area contributed by atoms with E-state index in [0.29, 0.717) is 5.75 Å². The first-order chi connectivity index (χ1) is 5.68. The van der Waals surface area contributed by atoms with Crippen molar-refractivity contribution < 1.29 is 8.39 Å². The molecule has 0 saturated heterocycles. The first-order valence-electron chi connectivity index (χ1n) is 3.63.